The zero-order valence-electron chi connectivity index (χ0n) is 10.9. The Morgan fingerprint density at radius 2 is 2.44 bits per heavy atom. The number of hydrogen-bond acceptors (Lipinski definition) is 4. The number of rotatable bonds is 4. The second kappa shape index (κ2) is 6.78. The smallest absolute Gasteiger partial charge is 0.133 e. The van der Waals surface area contributed by atoms with Crippen LogP contribution < -0.4 is 10.2 Å². The molecule has 1 aromatic rings. The van der Waals surface area contributed by atoms with Crippen molar-refractivity contribution in [3.63, 3.8) is 0 Å². The summed E-state index contributed by atoms with van der Waals surface area (Å²) >= 11 is 5.59. The van der Waals surface area contributed by atoms with Crippen LogP contribution in [0.1, 0.15) is 18.9 Å². The van der Waals surface area contributed by atoms with Crippen molar-refractivity contribution < 1.29 is 0 Å². The van der Waals surface area contributed by atoms with Crippen LogP contribution in [0.2, 0.25) is 0 Å². The van der Waals surface area contributed by atoms with Gasteiger partial charge in [-0.05, 0) is 35.5 Å². The van der Waals surface area contributed by atoms with Crippen LogP contribution in [0.3, 0.4) is 0 Å². The van der Waals surface area contributed by atoms with Crippen molar-refractivity contribution in [2.24, 2.45) is 0 Å². The van der Waals surface area contributed by atoms with E-state index in [1.165, 1.54) is 17.7 Å². The fourth-order valence-electron chi connectivity index (χ4n) is 2.24. The van der Waals surface area contributed by atoms with Gasteiger partial charge in [0.05, 0.1) is 0 Å². The van der Waals surface area contributed by atoms with E-state index in [0.717, 1.165) is 35.2 Å². The number of thioether (sulfide) groups is 1. The molecule has 0 bridgehead atoms. The molecule has 1 aliphatic heterocycles. The van der Waals surface area contributed by atoms with Crippen LogP contribution in [0.25, 0.3) is 0 Å². The van der Waals surface area contributed by atoms with Crippen molar-refractivity contribution in [3.05, 3.63) is 22.3 Å². The van der Waals surface area contributed by atoms with Gasteiger partial charge in [0.2, 0.25) is 0 Å². The minimum Gasteiger partial charge on any atom is -0.354 e. The highest BCUT2D eigenvalue weighted by Gasteiger charge is 2.21. The molecule has 2 rings (SSSR count). The van der Waals surface area contributed by atoms with Crippen LogP contribution in [0.15, 0.2) is 16.7 Å². The van der Waals surface area contributed by atoms with E-state index in [2.05, 4.69) is 55.9 Å². The fraction of sp³-hybridized carbons (Fsp3) is 0.615. The van der Waals surface area contributed by atoms with Gasteiger partial charge in [-0.25, -0.2) is 4.98 Å². The lowest BCUT2D eigenvalue weighted by atomic mass is 10.2. The molecule has 1 saturated heterocycles. The number of hydrogen-bond donors (Lipinski definition) is 1. The van der Waals surface area contributed by atoms with Crippen molar-refractivity contribution in [2.45, 2.75) is 25.1 Å². The van der Waals surface area contributed by atoms with Gasteiger partial charge in [0.25, 0.3) is 0 Å². The molecule has 2 heterocycles. The third kappa shape index (κ3) is 3.39. The van der Waals surface area contributed by atoms with Crippen LogP contribution in [0.4, 0.5) is 5.82 Å². The third-order valence-corrected chi connectivity index (χ3v) is 4.98. The first-order valence-electron chi connectivity index (χ1n) is 6.40. The van der Waals surface area contributed by atoms with Crippen LogP contribution >= 0.6 is 27.7 Å². The number of halogens is 1. The summed E-state index contributed by atoms with van der Waals surface area (Å²) in [5, 5.41) is 3.97. The highest BCUT2D eigenvalue weighted by atomic mass is 79.9. The standard InChI is InChI=1S/C13H20BrN3S/c1-3-12-9-17(4-5-18-12)13-10(7-15-2)6-11(14)8-16-13/h6,8,12,15H,3-5,7,9H2,1-2H3. The summed E-state index contributed by atoms with van der Waals surface area (Å²) in [4.78, 5) is 7.05. The lowest BCUT2D eigenvalue weighted by molar-refractivity contribution is 0.709. The highest BCUT2D eigenvalue weighted by molar-refractivity contribution is 9.10. The Balaban J connectivity index is 2.20. The first-order chi connectivity index (χ1) is 8.74. The maximum absolute atomic E-state index is 4.62. The van der Waals surface area contributed by atoms with E-state index in [1.54, 1.807) is 0 Å². The summed E-state index contributed by atoms with van der Waals surface area (Å²) < 4.78 is 1.05. The van der Waals surface area contributed by atoms with E-state index in [9.17, 15) is 0 Å². The first kappa shape index (κ1) is 14.2. The van der Waals surface area contributed by atoms with Gasteiger partial charge >= 0.3 is 0 Å². The number of nitrogens with one attached hydrogen (secondary N) is 1. The largest absolute Gasteiger partial charge is 0.354 e. The van der Waals surface area contributed by atoms with Gasteiger partial charge in [0, 0.05) is 46.9 Å². The minimum absolute atomic E-state index is 0.742. The normalized spacial score (nSPS) is 20.2. The summed E-state index contributed by atoms with van der Waals surface area (Å²) in [6, 6.07) is 2.17. The zero-order chi connectivity index (χ0) is 13.0. The third-order valence-electron chi connectivity index (χ3n) is 3.17. The quantitative estimate of drug-likeness (QED) is 0.919. The molecule has 1 N–H and O–H groups in total. The van der Waals surface area contributed by atoms with Crippen molar-refractivity contribution in [2.75, 3.05) is 30.8 Å². The first-order valence-corrected chi connectivity index (χ1v) is 8.24. The zero-order valence-corrected chi connectivity index (χ0v) is 13.4. The van der Waals surface area contributed by atoms with Gasteiger partial charge in [-0.3, -0.25) is 0 Å². The summed E-state index contributed by atoms with van der Waals surface area (Å²) in [6.07, 6.45) is 3.14. The second-order valence-corrected chi connectivity index (χ2v) is 6.84. The average molecular weight is 330 g/mol. The molecule has 1 unspecified atom stereocenters. The van der Waals surface area contributed by atoms with Crippen LogP contribution in [-0.2, 0) is 6.54 Å². The number of nitrogens with zero attached hydrogens (tertiary/aromatic N) is 2. The topological polar surface area (TPSA) is 28.2 Å². The second-order valence-electron chi connectivity index (χ2n) is 4.51. The molecule has 0 saturated carbocycles. The lowest BCUT2D eigenvalue weighted by Crippen LogP contribution is -2.38. The predicted molar refractivity (Wildman–Crippen MR) is 83.5 cm³/mol. The van der Waals surface area contributed by atoms with E-state index >= 15 is 0 Å². The van der Waals surface area contributed by atoms with Gasteiger partial charge in [-0.1, -0.05) is 6.92 Å². The molecular formula is C13H20BrN3S. The Bertz CT molecular complexity index is 400. The van der Waals surface area contributed by atoms with Gasteiger partial charge in [-0.2, -0.15) is 11.8 Å². The molecule has 0 amide bonds. The van der Waals surface area contributed by atoms with Crippen LogP contribution in [0.5, 0.6) is 0 Å². The average Bonchev–Trinajstić information content (AvgIpc) is 2.39. The molecule has 5 heteroatoms. The lowest BCUT2D eigenvalue weighted by Gasteiger charge is -2.34. The molecule has 0 aliphatic carbocycles. The highest BCUT2D eigenvalue weighted by Crippen LogP contribution is 2.28. The van der Waals surface area contributed by atoms with Crippen molar-refractivity contribution in [3.8, 4) is 0 Å². The molecule has 0 aromatic carbocycles. The Hall–Kier alpha value is -0.260. The number of anilines is 1. The predicted octanol–water partition coefficient (Wildman–Crippen LogP) is 2.90. The van der Waals surface area contributed by atoms with Gasteiger partial charge < -0.3 is 10.2 Å². The SMILES string of the molecule is CCC1CN(c2ncc(Br)cc2CNC)CCS1. The fourth-order valence-corrected chi connectivity index (χ4v) is 3.80. The molecular weight excluding hydrogens is 310 g/mol. The van der Waals surface area contributed by atoms with Gasteiger partial charge in [-0.15, -0.1) is 0 Å². The summed E-state index contributed by atoms with van der Waals surface area (Å²) in [7, 11) is 1.98. The molecule has 3 nitrogen and oxygen atoms in total. The molecule has 1 aromatic heterocycles. The molecule has 100 valence electrons. The van der Waals surface area contributed by atoms with Crippen LogP contribution in [0, 0.1) is 0 Å². The molecule has 1 aliphatic rings. The maximum Gasteiger partial charge on any atom is 0.133 e. The molecule has 1 fully saturated rings. The van der Waals surface area contributed by atoms with Crippen molar-refractivity contribution in [1.82, 2.24) is 10.3 Å². The maximum atomic E-state index is 4.62. The van der Waals surface area contributed by atoms with E-state index in [4.69, 9.17) is 0 Å². The molecule has 0 spiro atoms. The number of pyridine rings is 1. The number of aromatic nitrogens is 1. The molecule has 18 heavy (non-hydrogen) atoms. The van der Waals surface area contributed by atoms with Crippen molar-refractivity contribution >= 4 is 33.5 Å². The van der Waals surface area contributed by atoms with E-state index in [-0.39, 0.29) is 0 Å². The van der Waals surface area contributed by atoms with Crippen LogP contribution in [-0.4, -0.2) is 36.1 Å². The van der Waals surface area contributed by atoms with E-state index < -0.39 is 0 Å². The summed E-state index contributed by atoms with van der Waals surface area (Å²) in [5.41, 5.74) is 1.27. The molecule has 0 radical (unpaired) electrons. The summed E-state index contributed by atoms with van der Waals surface area (Å²) in [6.45, 7) is 5.35. The Kier molecular flexibility index (Phi) is 5.33. The van der Waals surface area contributed by atoms with Gasteiger partial charge in [0.1, 0.15) is 5.82 Å². The molecule has 1 atom stereocenters. The monoisotopic (exact) mass is 329 g/mol. The van der Waals surface area contributed by atoms with Crippen molar-refractivity contribution in [1.29, 1.82) is 0 Å². The minimum atomic E-state index is 0.742. The van der Waals surface area contributed by atoms with Gasteiger partial charge in [0.15, 0.2) is 0 Å². The van der Waals surface area contributed by atoms with E-state index in [0.29, 0.717) is 0 Å². The Morgan fingerprint density at radius 1 is 1.61 bits per heavy atom. The summed E-state index contributed by atoms with van der Waals surface area (Å²) in [5.74, 6) is 2.35. The van der Waals surface area contributed by atoms with E-state index in [1.807, 2.05) is 13.2 Å². The Morgan fingerprint density at radius 3 is 3.17 bits per heavy atom. The Labute approximate surface area is 122 Å².